The second-order valence-corrected chi connectivity index (χ2v) is 9.38. The maximum Gasteiger partial charge on any atom is 0.315 e. The van der Waals surface area contributed by atoms with Gasteiger partial charge in [0.2, 0.25) is 15.9 Å². The summed E-state index contributed by atoms with van der Waals surface area (Å²) in [5, 5.41) is 11.0. The number of carbonyl (C=O) groups is 2. The molecule has 0 radical (unpaired) electrons. The molecule has 1 amide bonds. The van der Waals surface area contributed by atoms with Crippen molar-refractivity contribution in [3.05, 3.63) is 33.9 Å². The Labute approximate surface area is 173 Å². The highest BCUT2D eigenvalue weighted by atomic mass is 32.2. The monoisotopic (exact) mass is 445 g/mol. The Bertz CT molecular complexity index is 881. The second kappa shape index (κ2) is 10.0. The largest absolute Gasteiger partial charge is 0.468 e. The van der Waals surface area contributed by atoms with Crippen LogP contribution in [-0.2, 0) is 24.3 Å². The number of thioether (sulfide) groups is 1. The number of nitro benzene ring substituents is 1. The molecule has 1 aliphatic rings. The van der Waals surface area contributed by atoms with E-state index in [0.29, 0.717) is 11.3 Å². The molecule has 0 aromatic heterocycles. The average molecular weight is 446 g/mol. The molecule has 0 saturated carbocycles. The minimum Gasteiger partial charge on any atom is -0.468 e. The van der Waals surface area contributed by atoms with Crippen molar-refractivity contribution in [3.8, 4) is 0 Å². The topological polar surface area (TPSA) is 127 Å². The van der Waals surface area contributed by atoms with Crippen LogP contribution in [0.1, 0.15) is 12.0 Å². The lowest BCUT2D eigenvalue weighted by molar-refractivity contribution is -0.385. The zero-order valence-electron chi connectivity index (χ0n) is 16.2. The number of aryl methyl sites for hydroxylation is 1. The molecule has 1 aromatic carbocycles. The van der Waals surface area contributed by atoms with Gasteiger partial charge < -0.3 is 9.64 Å². The molecule has 1 aromatic rings. The predicted molar refractivity (Wildman–Crippen MR) is 107 cm³/mol. The third-order valence-electron chi connectivity index (χ3n) is 4.50. The van der Waals surface area contributed by atoms with E-state index in [1.54, 1.807) is 11.8 Å². The number of nitrogens with zero attached hydrogens (tertiary/aromatic N) is 3. The van der Waals surface area contributed by atoms with Gasteiger partial charge in [0.05, 0.1) is 22.7 Å². The average Bonchev–Trinajstić information content (AvgIpc) is 2.70. The fourth-order valence-electron chi connectivity index (χ4n) is 2.83. The van der Waals surface area contributed by atoms with Crippen molar-refractivity contribution in [2.75, 3.05) is 44.8 Å². The van der Waals surface area contributed by atoms with E-state index in [9.17, 15) is 28.1 Å². The zero-order chi connectivity index (χ0) is 21.6. The highest BCUT2D eigenvalue weighted by Crippen LogP contribution is 2.25. The number of rotatable bonds is 8. The summed E-state index contributed by atoms with van der Waals surface area (Å²) in [6.45, 7) is 2.31. The maximum atomic E-state index is 12.9. The summed E-state index contributed by atoms with van der Waals surface area (Å²) in [6.07, 6.45) is 0.248. The zero-order valence-corrected chi connectivity index (χ0v) is 17.8. The predicted octanol–water partition coefficient (Wildman–Crippen LogP) is 1.03. The van der Waals surface area contributed by atoms with Crippen LogP contribution in [-0.4, -0.2) is 79.2 Å². The van der Waals surface area contributed by atoms with Crippen molar-refractivity contribution in [2.24, 2.45) is 0 Å². The lowest BCUT2D eigenvalue weighted by Crippen LogP contribution is -2.50. The Morgan fingerprint density at radius 2 is 1.90 bits per heavy atom. The molecule has 2 rings (SSSR count). The number of benzene rings is 1. The Kier molecular flexibility index (Phi) is 7.99. The molecule has 0 bridgehead atoms. The first-order chi connectivity index (χ1) is 13.7. The van der Waals surface area contributed by atoms with Gasteiger partial charge in [0, 0.05) is 50.5 Å². The third-order valence-corrected chi connectivity index (χ3v) is 7.47. The fourth-order valence-corrected chi connectivity index (χ4v) is 5.24. The van der Waals surface area contributed by atoms with Crippen LogP contribution in [0.2, 0.25) is 0 Å². The number of nitro groups is 1. The van der Waals surface area contributed by atoms with E-state index in [4.69, 9.17) is 0 Å². The van der Waals surface area contributed by atoms with Gasteiger partial charge >= 0.3 is 5.97 Å². The van der Waals surface area contributed by atoms with Gasteiger partial charge in [-0.2, -0.15) is 4.31 Å². The fraction of sp³-hybridized carbons (Fsp3) is 0.529. The van der Waals surface area contributed by atoms with Gasteiger partial charge in [-0.3, -0.25) is 19.7 Å². The van der Waals surface area contributed by atoms with E-state index >= 15 is 0 Å². The first-order valence-corrected chi connectivity index (χ1v) is 11.4. The molecule has 1 aliphatic heterocycles. The van der Waals surface area contributed by atoms with Crippen molar-refractivity contribution < 1.29 is 27.7 Å². The summed E-state index contributed by atoms with van der Waals surface area (Å²) in [5.41, 5.74) is 0.143. The Balaban J connectivity index is 1.94. The summed E-state index contributed by atoms with van der Waals surface area (Å²) in [6, 6.07) is 3.75. The van der Waals surface area contributed by atoms with Crippen LogP contribution in [0.5, 0.6) is 0 Å². The lowest BCUT2D eigenvalue weighted by atomic mass is 10.2. The standard InChI is InChI=1S/C17H23N3O7S2/c1-13-3-4-14(20(23)24)11-15(13)29(25,26)19-8-6-18(7-9-19)16(21)5-10-28-12-17(22)27-2/h3-4,11H,5-10,12H2,1-2H3. The smallest absolute Gasteiger partial charge is 0.315 e. The van der Waals surface area contributed by atoms with Crippen molar-refractivity contribution >= 4 is 39.3 Å². The minimum atomic E-state index is -3.90. The number of ether oxygens (including phenoxy) is 1. The maximum absolute atomic E-state index is 12.9. The summed E-state index contributed by atoms with van der Waals surface area (Å²) in [5.74, 6) is 0.196. The van der Waals surface area contributed by atoms with Crippen LogP contribution in [0.3, 0.4) is 0 Å². The SMILES string of the molecule is COC(=O)CSCCC(=O)N1CCN(S(=O)(=O)c2cc([N+](=O)[O-])ccc2C)CC1. The summed E-state index contributed by atoms with van der Waals surface area (Å²) < 4.78 is 31.6. The molecular formula is C17H23N3O7S2. The molecule has 12 heteroatoms. The molecule has 0 unspecified atom stereocenters. The first-order valence-electron chi connectivity index (χ1n) is 8.84. The molecule has 1 fully saturated rings. The Morgan fingerprint density at radius 1 is 1.24 bits per heavy atom. The number of non-ortho nitro benzene ring substituents is 1. The molecule has 0 aliphatic carbocycles. The number of methoxy groups -OCH3 is 1. The van der Waals surface area contributed by atoms with Crippen molar-refractivity contribution in [1.82, 2.24) is 9.21 Å². The van der Waals surface area contributed by atoms with E-state index in [0.717, 1.165) is 6.07 Å². The molecule has 29 heavy (non-hydrogen) atoms. The molecule has 0 atom stereocenters. The molecule has 10 nitrogen and oxygen atoms in total. The number of carbonyl (C=O) groups excluding carboxylic acids is 2. The molecule has 0 N–H and O–H groups in total. The van der Waals surface area contributed by atoms with E-state index in [2.05, 4.69) is 4.74 Å². The third kappa shape index (κ3) is 5.90. The number of esters is 1. The van der Waals surface area contributed by atoms with Crippen molar-refractivity contribution in [3.63, 3.8) is 0 Å². The number of hydrogen-bond donors (Lipinski definition) is 0. The number of sulfonamides is 1. The normalized spacial score (nSPS) is 15.2. The number of amides is 1. The van der Waals surface area contributed by atoms with Gasteiger partial charge in [-0.05, 0) is 12.5 Å². The van der Waals surface area contributed by atoms with Crippen LogP contribution >= 0.6 is 11.8 Å². The van der Waals surface area contributed by atoms with Gasteiger partial charge in [-0.1, -0.05) is 6.07 Å². The molecule has 0 spiro atoms. The quantitative estimate of drug-likeness (QED) is 0.251. The second-order valence-electron chi connectivity index (χ2n) is 6.37. The van der Waals surface area contributed by atoms with Crippen LogP contribution in [0.15, 0.2) is 23.1 Å². The van der Waals surface area contributed by atoms with E-state index < -0.39 is 14.9 Å². The van der Waals surface area contributed by atoms with Gasteiger partial charge in [-0.15, -0.1) is 11.8 Å². The molecule has 1 heterocycles. The van der Waals surface area contributed by atoms with Gasteiger partial charge in [0.15, 0.2) is 0 Å². The van der Waals surface area contributed by atoms with Gasteiger partial charge in [-0.25, -0.2) is 8.42 Å². The number of piperazine rings is 1. The summed E-state index contributed by atoms with van der Waals surface area (Å²) in [7, 11) is -2.59. The first kappa shape index (κ1) is 23.1. The molecular weight excluding hydrogens is 422 g/mol. The number of hydrogen-bond acceptors (Lipinski definition) is 8. The minimum absolute atomic E-state index is 0.0920. The van der Waals surface area contributed by atoms with Crippen molar-refractivity contribution in [2.45, 2.75) is 18.2 Å². The Morgan fingerprint density at radius 3 is 2.48 bits per heavy atom. The lowest BCUT2D eigenvalue weighted by Gasteiger charge is -2.34. The van der Waals surface area contributed by atoms with Gasteiger partial charge in [0.25, 0.3) is 5.69 Å². The van der Waals surface area contributed by atoms with Gasteiger partial charge in [0.1, 0.15) is 0 Å². The summed E-state index contributed by atoms with van der Waals surface area (Å²) >= 11 is 1.30. The Hall–Kier alpha value is -2.18. The van der Waals surface area contributed by atoms with Crippen LogP contribution in [0.25, 0.3) is 0 Å². The van der Waals surface area contributed by atoms with E-state index in [1.165, 1.54) is 35.3 Å². The summed E-state index contributed by atoms with van der Waals surface area (Å²) in [4.78, 5) is 35.2. The van der Waals surface area contributed by atoms with E-state index in [1.807, 2.05) is 0 Å². The van der Waals surface area contributed by atoms with Crippen LogP contribution in [0, 0.1) is 17.0 Å². The highest BCUT2D eigenvalue weighted by molar-refractivity contribution is 7.99. The van der Waals surface area contributed by atoms with Crippen molar-refractivity contribution in [1.29, 1.82) is 0 Å². The highest BCUT2D eigenvalue weighted by Gasteiger charge is 2.32. The van der Waals surface area contributed by atoms with Crippen LogP contribution < -0.4 is 0 Å². The van der Waals surface area contributed by atoms with E-state index in [-0.39, 0.29) is 60.8 Å². The molecule has 1 saturated heterocycles. The van der Waals surface area contributed by atoms with Crippen LogP contribution in [0.4, 0.5) is 5.69 Å². The molecule has 160 valence electrons.